The average Bonchev–Trinajstić information content (AvgIpc) is 3.47. The van der Waals surface area contributed by atoms with E-state index in [9.17, 15) is 13.7 Å². The number of thioether (sulfide) groups is 1. The number of nitrogens with zero attached hydrogens (tertiary/aromatic N) is 5. The van der Waals surface area contributed by atoms with E-state index >= 15 is 0 Å². The molecule has 1 aromatic carbocycles. The molecule has 0 bridgehead atoms. The van der Waals surface area contributed by atoms with E-state index < -0.39 is 10.0 Å². The van der Waals surface area contributed by atoms with Gasteiger partial charge in [0.1, 0.15) is 6.07 Å². The maximum absolute atomic E-state index is 13.0. The van der Waals surface area contributed by atoms with Crippen LogP contribution in [0.25, 0.3) is 17.0 Å². The first-order valence-corrected chi connectivity index (χ1v) is 13.0. The molecule has 1 fully saturated rings. The van der Waals surface area contributed by atoms with Gasteiger partial charge in [-0.3, -0.25) is 0 Å². The fraction of sp³-hybridized carbons (Fsp3) is 0.261. The summed E-state index contributed by atoms with van der Waals surface area (Å²) in [6.07, 6.45) is 6.65. The van der Waals surface area contributed by atoms with Crippen LogP contribution in [0.5, 0.6) is 0 Å². The molecule has 10 heteroatoms. The lowest BCUT2D eigenvalue weighted by molar-refractivity contribution is 0.346. The van der Waals surface area contributed by atoms with E-state index in [1.165, 1.54) is 11.8 Å². The molecule has 8 nitrogen and oxygen atoms in total. The number of benzene rings is 1. The summed E-state index contributed by atoms with van der Waals surface area (Å²) in [5, 5.41) is 18.1. The zero-order valence-electron chi connectivity index (χ0n) is 17.7. The summed E-state index contributed by atoms with van der Waals surface area (Å²) < 4.78 is 35.2. The van der Waals surface area contributed by atoms with Crippen LogP contribution in [0.4, 0.5) is 0 Å². The monoisotopic (exact) mass is 479 g/mol. The van der Waals surface area contributed by atoms with Crippen LogP contribution in [0.3, 0.4) is 0 Å². The largest absolute Gasteiger partial charge is 0.411 e. The Bertz CT molecular complexity index is 1450. The van der Waals surface area contributed by atoms with Crippen molar-refractivity contribution in [1.29, 1.82) is 5.26 Å². The van der Waals surface area contributed by atoms with Crippen molar-refractivity contribution >= 4 is 27.3 Å². The Morgan fingerprint density at radius 1 is 1.09 bits per heavy atom. The lowest BCUT2D eigenvalue weighted by Gasteiger charge is -2.25. The Labute approximate surface area is 195 Å². The molecular weight excluding hydrogens is 458 g/mol. The molecule has 1 saturated heterocycles. The normalized spacial score (nSPS) is 15.0. The van der Waals surface area contributed by atoms with E-state index in [4.69, 9.17) is 4.42 Å². The minimum atomic E-state index is -3.55. The smallest absolute Gasteiger partial charge is 0.277 e. The summed E-state index contributed by atoms with van der Waals surface area (Å²) in [4.78, 5) is 0.230. The topological polar surface area (TPSA) is 104 Å². The molecular formula is C23H21N5O3S2. The maximum atomic E-state index is 13.0. The molecule has 1 aliphatic rings. The predicted octanol–water partition coefficient (Wildman–Crippen LogP) is 4.33. The van der Waals surface area contributed by atoms with Crippen LogP contribution in [0, 0.1) is 11.3 Å². The summed E-state index contributed by atoms with van der Waals surface area (Å²) in [7, 11) is -3.55. The number of fused-ring (bicyclic) bond motifs is 1. The highest BCUT2D eigenvalue weighted by molar-refractivity contribution is 7.98. The maximum Gasteiger partial charge on any atom is 0.277 e. The van der Waals surface area contributed by atoms with Crippen molar-refractivity contribution in [2.45, 2.75) is 35.1 Å². The van der Waals surface area contributed by atoms with Crippen LogP contribution in [-0.2, 0) is 15.8 Å². The highest BCUT2D eigenvalue weighted by Crippen LogP contribution is 2.30. The van der Waals surface area contributed by atoms with E-state index in [1.807, 2.05) is 35.0 Å². The molecule has 0 aliphatic carbocycles. The van der Waals surface area contributed by atoms with Crippen molar-refractivity contribution in [3.05, 3.63) is 66.0 Å². The zero-order valence-corrected chi connectivity index (χ0v) is 19.3. The van der Waals surface area contributed by atoms with Gasteiger partial charge < -0.3 is 8.82 Å². The van der Waals surface area contributed by atoms with Gasteiger partial charge >= 0.3 is 0 Å². The second kappa shape index (κ2) is 9.02. The first kappa shape index (κ1) is 21.7. The Morgan fingerprint density at radius 3 is 2.76 bits per heavy atom. The van der Waals surface area contributed by atoms with Crippen molar-refractivity contribution in [3.8, 4) is 17.5 Å². The Kier molecular flexibility index (Phi) is 5.93. The molecule has 168 valence electrons. The summed E-state index contributed by atoms with van der Waals surface area (Å²) in [6.45, 7) is 1.10. The number of nitriles is 1. The van der Waals surface area contributed by atoms with Crippen LogP contribution < -0.4 is 0 Å². The molecule has 3 aromatic heterocycles. The van der Waals surface area contributed by atoms with Crippen molar-refractivity contribution in [1.82, 2.24) is 18.9 Å². The van der Waals surface area contributed by atoms with Gasteiger partial charge in [-0.05, 0) is 48.7 Å². The van der Waals surface area contributed by atoms with Gasteiger partial charge in [-0.25, -0.2) is 8.42 Å². The Balaban J connectivity index is 1.34. The van der Waals surface area contributed by atoms with E-state index in [0.29, 0.717) is 35.2 Å². The third-order valence-corrected chi connectivity index (χ3v) is 8.43. The summed E-state index contributed by atoms with van der Waals surface area (Å²) >= 11 is 1.34. The van der Waals surface area contributed by atoms with Crippen LogP contribution in [0.1, 0.15) is 30.4 Å². The molecule has 0 N–H and O–H groups in total. The molecule has 1 aliphatic heterocycles. The van der Waals surface area contributed by atoms with E-state index in [2.05, 4.69) is 16.3 Å². The summed E-state index contributed by atoms with van der Waals surface area (Å²) in [5.74, 6) is 0.756. The Morgan fingerprint density at radius 2 is 1.94 bits per heavy atom. The molecule has 0 saturated carbocycles. The molecule has 33 heavy (non-hydrogen) atoms. The highest BCUT2D eigenvalue weighted by atomic mass is 32.2. The first-order chi connectivity index (χ1) is 16.1. The molecule has 0 radical (unpaired) electrons. The van der Waals surface area contributed by atoms with Crippen molar-refractivity contribution in [2.24, 2.45) is 0 Å². The molecule has 0 amide bonds. The van der Waals surface area contributed by atoms with Crippen LogP contribution >= 0.6 is 11.8 Å². The number of rotatable bonds is 6. The molecule has 4 aromatic rings. The van der Waals surface area contributed by atoms with Crippen molar-refractivity contribution in [3.63, 3.8) is 0 Å². The predicted molar refractivity (Wildman–Crippen MR) is 124 cm³/mol. The van der Waals surface area contributed by atoms with Crippen LogP contribution in [0.15, 0.2) is 69.4 Å². The Hall–Kier alpha value is -3.13. The fourth-order valence-corrected chi connectivity index (χ4v) is 6.28. The van der Waals surface area contributed by atoms with E-state index in [0.717, 1.165) is 30.3 Å². The van der Waals surface area contributed by atoms with Gasteiger partial charge in [-0.15, -0.1) is 10.2 Å². The molecule has 4 heterocycles. The summed E-state index contributed by atoms with van der Waals surface area (Å²) in [5.41, 5.74) is 2.91. The zero-order chi connectivity index (χ0) is 22.8. The first-order valence-electron chi connectivity index (χ1n) is 10.6. The number of aromatic nitrogens is 3. The number of hydrogen-bond acceptors (Lipinski definition) is 7. The SMILES string of the molecule is N#Cc1c(CSc2nnc(-c3cccc(S(=O)(=O)N4CCCCC4)c3)o2)cn2ccccc12. The quantitative estimate of drug-likeness (QED) is 0.379. The number of hydrogen-bond donors (Lipinski definition) is 0. The standard InChI is InChI=1S/C23H21N5O3S2/c24-14-20-18(15-27-10-5-2-9-21(20)27)16-32-23-26-25-22(31-23)17-7-6-8-19(13-17)33(29,30)28-11-3-1-4-12-28/h2,5-10,13,15H,1,3-4,11-12,16H2. The minimum Gasteiger partial charge on any atom is -0.411 e. The van der Waals surface area contributed by atoms with Crippen molar-refractivity contribution < 1.29 is 12.8 Å². The van der Waals surface area contributed by atoms with Crippen LogP contribution in [0.2, 0.25) is 0 Å². The molecule has 0 atom stereocenters. The van der Waals surface area contributed by atoms with E-state index in [1.54, 1.807) is 28.6 Å². The lowest BCUT2D eigenvalue weighted by atomic mass is 10.2. The molecule has 0 unspecified atom stereocenters. The third kappa shape index (κ3) is 4.27. The average molecular weight is 480 g/mol. The van der Waals surface area contributed by atoms with Gasteiger partial charge in [0, 0.05) is 36.8 Å². The lowest BCUT2D eigenvalue weighted by Crippen LogP contribution is -2.35. The second-order valence-corrected chi connectivity index (χ2v) is 10.7. The number of sulfonamides is 1. The van der Waals surface area contributed by atoms with Crippen molar-refractivity contribution in [2.75, 3.05) is 13.1 Å². The van der Waals surface area contributed by atoms with Crippen LogP contribution in [-0.4, -0.2) is 40.4 Å². The highest BCUT2D eigenvalue weighted by Gasteiger charge is 2.26. The number of piperidine rings is 1. The minimum absolute atomic E-state index is 0.230. The summed E-state index contributed by atoms with van der Waals surface area (Å²) in [6, 6.07) is 14.6. The van der Waals surface area contributed by atoms with Gasteiger partial charge in [-0.1, -0.05) is 30.3 Å². The molecule has 5 rings (SSSR count). The van der Waals surface area contributed by atoms with Gasteiger partial charge in [0.25, 0.3) is 5.22 Å². The number of pyridine rings is 1. The van der Waals surface area contributed by atoms with E-state index in [-0.39, 0.29) is 10.8 Å². The second-order valence-electron chi connectivity index (χ2n) is 7.79. The van der Waals surface area contributed by atoms with Gasteiger partial charge in [0.05, 0.1) is 16.0 Å². The molecule has 0 spiro atoms. The third-order valence-electron chi connectivity index (χ3n) is 5.67. The van der Waals surface area contributed by atoms with Gasteiger partial charge in [0.2, 0.25) is 15.9 Å². The van der Waals surface area contributed by atoms with Gasteiger partial charge in [-0.2, -0.15) is 9.57 Å². The van der Waals surface area contributed by atoms with Gasteiger partial charge in [0.15, 0.2) is 0 Å². The fourth-order valence-electron chi connectivity index (χ4n) is 3.98.